The third-order valence-corrected chi connectivity index (χ3v) is 2.10. The number of carbonyl (C=O) groups excluding carboxylic acids is 2. The van der Waals surface area contributed by atoms with Crippen LogP contribution in [0.3, 0.4) is 0 Å². The second-order valence-corrected chi connectivity index (χ2v) is 3.18. The fraction of sp³-hybridized carbons (Fsp3) is 0.273. The maximum atomic E-state index is 10.9. The monoisotopic (exact) mass is 222 g/mol. The first kappa shape index (κ1) is 12.0. The van der Waals surface area contributed by atoms with Gasteiger partial charge in [-0.3, -0.25) is 9.59 Å². The Morgan fingerprint density at radius 3 is 2.69 bits per heavy atom. The Hall–Kier alpha value is -2.04. The smallest absolute Gasteiger partial charge is 0.309 e. The number of amides is 2. The molecule has 0 spiro atoms. The molecule has 0 unspecified atom stereocenters. The van der Waals surface area contributed by atoms with Gasteiger partial charge in [-0.2, -0.15) is 0 Å². The average Bonchev–Trinajstić information content (AvgIpc) is 2.29. The third kappa shape index (κ3) is 3.27. The molecule has 0 aliphatic rings. The topological polar surface area (TPSA) is 81.4 Å². The highest BCUT2D eigenvalue weighted by molar-refractivity contribution is 6.34. The Morgan fingerprint density at radius 1 is 1.38 bits per heavy atom. The first-order chi connectivity index (χ1) is 7.65. The van der Waals surface area contributed by atoms with Gasteiger partial charge >= 0.3 is 11.8 Å². The van der Waals surface area contributed by atoms with E-state index >= 15 is 0 Å². The van der Waals surface area contributed by atoms with Crippen LogP contribution in [0.25, 0.3) is 0 Å². The van der Waals surface area contributed by atoms with E-state index in [1.807, 2.05) is 24.3 Å². The molecule has 0 aliphatic heterocycles. The summed E-state index contributed by atoms with van der Waals surface area (Å²) in [5.41, 5.74) is 5.76. The van der Waals surface area contributed by atoms with Gasteiger partial charge in [0.2, 0.25) is 0 Å². The molecule has 3 N–H and O–H groups in total. The van der Waals surface area contributed by atoms with Crippen LogP contribution < -0.4 is 15.8 Å². The standard InChI is InChI=1S/C11H14N2O3/c1-16-9-5-3-2-4-8(9)6-7-13-11(15)10(12)14/h2-5H,6-7H2,1H3,(H2,12,14)(H,13,15). The first-order valence-corrected chi connectivity index (χ1v) is 4.84. The first-order valence-electron chi connectivity index (χ1n) is 4.84. The zero-order chi connectivity index (χ0) is 12.0. The molecule has 1 aromatic rings. The van der Waals surface area contributed by atoms with Crippen LogP contribution in [0.5, 0.6) is 5.75 Å². The summed E-state index contributed by atoms with van der Waals surface area (Å²) in [4.78, 5) is 21.3. The van der Waals surface area contributed by atoms with Crippen molar-refractivity contribution in [2.75, 3.05) is 13.7 Å². The molecule has 16 heavy (non-hydrogen) atoms. The van der Waals surface area contributed by atoms with Crippen LogP contribution in [0, 0.1) is 0 Å². The Morgan fingerprint density at radius 2 is 2.06 bits per heavy atom. The Labute approximate surface area is 93.6 Å². The number of ether oxygens (including phenoxy) is 1. The molecule has 0 saturated carbocycles. The molecule has 0 atom stereocenters. The predicted octanol–water partition coefficient (Wildman–Crippen LogP) is -0.161. The van der Waals surface area contributed by atoms with Gasteiger partial charge in [-0.25, -0.2) is 0 Å². The van der Waals surface area contributed by atoms with Crippen molar-refractivity contribution in [3.8, 4) is 5.75 Å². The minimum atomic E-state index is -0.972. The highest BCUT2D eigenvalue weighted by atomic mass is 16.5. The van der Waals surface area contributed by atoms with Crippen LogP contribution in [0.4, 0.5) is 0 Å². The maximum Gasteiger partial charge on any atom is 0.309 e. The number of para-hydroxylation sites is 1. The fourth-order valence-electron chi connectivity index (χ4n) is 1.31. The van der Waals surface area contributed by atoms with E-state index in [9.17, 15) is 9.59 Å². The molecule has 0 fully saturated rings. The molecule has 0 radical (unpaired) electrons. The Balaban J connectivity index is 2.48. The number of primary amides is 1. The van der Waals surface area contributed by atoms with E-state index in [4.69, 9.17) is 10.5 Å². The lowest BCUT2D eigenvalue weighted by Gasteiger charge is -2.08. The normalized spacial score (nSPS) is 9.56. The van der Waals surface area contributed by atoms with Crippen molar-refractivity contribution >= 4 is 11.8 Å². The molecule has 1 aromatic carbocycles. The number of nitrogens with one attached hydrogen (secondary N) is 1. The summed E-state index contributed by atoms with van der Waals surface area (Å²) in [7, 11) is 1.58. The van der Waals surface area contributed by atoms with Gasteiger partial charge in [-0.15, -0.1) is 0 Å². The molecule has 5 nitrogen and oxygen atoms in total. The van der Waals surface area contributed by atoms with E-state index in [1.165, 1.54) is 0 Å². The molecule has 5 heteroatoms. The lowest BCUT2D eigenvalue weighted by atomic mass is 10.1. The molecule has 0 bridgehead atoms. The van der Waals surface area contributed by atoms with E-state index in [1.54, 1.807) is 7.11 Å². The summed E-state index contributed by atoms with van der Waals surface area (Å²) in [6, 6.07) is 7.48. The molecule has 0 heterocycles. The van der Waals surface area contributed by atoms with Crippen molar-refractivity contribution in [3.63, 3.8) is 0 Å². The molecule has 86 valence electrons. The lowest BCUT2D eigenvalue weighted by molar-refractivity contribution is -0.137. The van der Waals surface area contributed by atoms with Gasteiger partial charge in [-0.1, -0.05) is 18.2 Å². The highest BCUT2D eigenvalue weighted by Gasteiger charge is 2.07. The molecule has 0 saturated heterocycles. The second kappa shape index (κ2) is 5.75. The molecular weight excluding hydrogens is 208 g/mol. The number of benzene rings is 1. The second-order valence-electron chi connectivity index (χ2n) is 3.18. The van der Waals surface area contributed by atoms with E-state index in [2.05, 4.69) is 5.32 Å². The lowest BCUT2D eigenvalue weighted by Crippen LogP contribution is -2.37. The average molecular weight is 222 g/mol. The van der Waals surface area contributed by atoms with Gasteiger partial charge < -0.3 is 15.8 Å². The predicted molar refractivity (Wildman–Crippen MR) is 58.9 cm³/mol. The molecule has 2 amide bonds. The van der Waals surface area contributed by atoms with Gasteiger partial charge in [0.15, 0.2) is 0 Å². The van der Waals surface area contributed by atoms with Crippen LogP contribution in [0.1, 0.15) is 5.56 Å². The number of nitrogens with two attached hydrogens (primary N) is 1. The van der Waals surface area contributed by atoms with Gasteiger partial charge in [0.05, 0.1) is 7.11 Å². The number of methoxy groups -OCH3 is 1. The van der Waals surface area contributed by atoms with E-state index in [0.717, 1.165) is 11.3 Å². The molecule has 0 aromatic heterocycles. The van der Waals surface area contributed by atoms with Gasteiger partial charge in [0.1, 0.15) is 5.75 Å². The van der Waals surface area contributed by atoms with Gasteiger partial charge in [-0.05, 0) is 18.1 Å². The number of hydrogen-bond donors (Lipinski definition) is 2. The fourth-order valence-corrected chi connectivity index (χ4v) is 1.31. The van der Waals surface area contributed by atoms with E-state index in [-0.39, 0.29) is 0 Å². The summed E-state index contributed by atoms with van der Waals surface area (Å²) in [6.45, 7) is 0.349. The minimum Gasteiger partial charge on any atom is -0.496 e. The summed E-state index contributed by atoms with van der Waals surface area (Å²) in [5.74, 6) is -0.981. The van der Waals surface area contributed by atoms with E-state index < -0.39 is 11.8 Å². The van der Waals surface area contributed by atoms with Crippen molar-refractivity contribution in [2.45, 2.75) is 6.42 Å². The summed E-state index contributed by atoms with van der Waals surface area (Å²) in [5, 5.41) is 2.41. The van der Waals surface area contributed by atoms with Crippen LogP contribution in [-0.4, -0.2) is 25.5 Å². The highest BCUT2D eigenvalue weighted by Crippen LogP contribution is 2.16. The van der Waals surface area contributed by atoms with Gasteiger partial charge in [0.25, 0.3) is 0 Å². The van der Waals surface area contributed by atoms with Crippen molar-refractivity contribution in [2.24, 2.45) is 5.73 Å². The van der Waals surface area contributed by atoms with Crippen LogP contribution in [0.15, 0.2) is 24.3 Å². The summed E-state index contributed by atoms with van der Waals surface area (Å²) >= 11 is 0. The van der Waals surface area contributed by atoms with Crippen LogP contribution >= 0.6 is 0 Å². The number of carbonyl (C=O) groups is 2. The van der Waals surface area contributed by atoms with Crippen molar-refractivity contribution < 1.29 is 14.3 Å². The zero-order valence-corrected chi connectivity index (χ0v) is 9.03. The van der Waals surface area contributed by atoms with E-state index in [0.29, 0.717) is 13.0 Å². The SMILES string of the molecule is COc1ccccc1CCNC(=O)C(N)=O. The van der Waals surface area contributed by atoms with Crippen molar-refractivity contribution in [1.82, 2.24) is 5.32 Å². The minimum absolute atomic E-state index is 0.349. The van der Waals surface area contributed by atoms with Crippen LogP contribution in [0.2, 0.25) is 0 Å². The Bertz CT molecular complexity index is 391. The summed E-state index contributed by atoms with van der Waals surface area (Å²) in [6.07, 6.45) is 0.586. The molecular formula is C11H14N2O3. The zero-order valence-electron chi connectivity index (χ0n) is 9.03. The summed E-state index contributed by atoms with van der Waals surface area (Å²) < 4.78 is 5.15. The number of rotatable bonds is 4. The quantitative estimate of drug-likeness (QED) is 0.694. The molecule has 0 aliphatic carbocycles. The van der Waals surface area contributed by atoms with Crippen molar-refractivity contribution in [3.05, 3.63) is 29.8 Å². The number of hydrogen-bond acceptors (Lipinski definition) is 3. The van der Waals surface area contributed by atoms with Gasteiger partial charge in [0, 0.05) is 6.54 Å². The Kier molecular flexibility index (Phi) is 4.32. The van der Waals surface area contributed by atoms with Crippen LogP contribution in [-0.2, 0) is 16.0 Å². The third-order valence-electron chi connectivity index (χ3n) is 2.10. The van der Waals surface area contributed by atoms with Crippen molar-refractivity contribution in [1.29, 1.82) is 0 Å². The molecule has 1 rings (SSSR count). The maximum absolute atomic E-state index is 10.9. The largest absolute Gasteiger partial charge is 0.496 e.